The van der Waals surface area contributed by atoms with Gasteiger partial charge < -0.3 is 9.26 Å². The van der Waals surface area contributed by atoms with Crippen LogP contribution in [-0.2, 0) is 10.3 Å². The van der Waals surface area contributed by atoms with Crippen LogP contribution >= 0.6 is 11.6 Å². The maximum absolute atomic E-state index is 5.92. The van der Waals surface area contributed by atoms with Gasteiger partial charge >= 0.3 is 5.35 Å². The van der Waals surface area contributed by atoms with Crippen LogP contribution in [0.5, 0.6) is 0 Å². The lowest BCUT2D eigenvalue weighted by Crippen LogP contribution is -2.38. The summed E-state index contributed by atoms with van der Waals surface area (Å²) in [6, 6.07) is 0. The summed E-state index contributed by atoms with van der Waals surface area (Å²) >= 11 is 5.70. The van der Waals surface area contributed by atoms with Crippen LogP contribution in [0.15, 0.2) is 4.52 Å². The maximum atomic E-state index is 5.92. The van der Waals surface area contributed by atoms with Gasteiger partial charge in [0, 0.05) is 6.61 Å². The minimum atomic E-state index is -0.402. The molecule has 0 bridgehead atoms. The van der Waals surface area contributed by atoms with Crippen molar-refractivity contribution < 1.29 is 9.26 Å². The van der Waals surface area contributed by atoms with Crippen molar-refractivity contribution in [3.05, 3.63) is 11.2 Å². The molecule has 2 rings (SSSR count). The van der Waals surface area contributed by atoms with E-state index in [0.29, 0.717) is 17.8 Å². The molecule has 1 aliphatic carbocycles. The van der Waals surface area contributed by atoms with Crippen LogP contribution < -0.4 is 0 Å². The van der Waals surface area contributed by atoms with Gasteiger partial charge in [0.25, 0.3) is 0 Å². The van der Waals surface area contributed by atoms with Crippen LogP contribution in [-0.4, -0.2) is 16.7 Å². The standard InChI is InChI=1S/C12H19ClN2O2/c1-4-16-12(9-14-10(13)17-15-9)7-5-11(2,3)6-8-12/h4-8H2,1-3H3. The fraction of sp³-hybridized carbons (Fsp3) is 0.833. The Morgan fingerprint density at radius 3 is 2.41 bits per heavy atom. The van der Waals surface area contributed by atoms with E-state index in [0.717, 1.165) is 25.7 Å². The first-order valence-electron chi connectivity index (χ1n) is 6.11. The Hall–Kier alpha value is -0.610. The molecule has 0 N–H and O–H groups in total. The Labute approximate surface area is 107 Å². The van der Waals surface area contributed by atoms with E-state index < -0.39 is 5.60 Å². The van der Waals surface area contributed by atoms with Gasteiger partial charge in [-0.2, -0.15) is 4.98 Å². The topological polar surface area (TPSA) is 48.2 Å². The van der Waals surface area contributed by atoms with Gasteiger partial charge in [-0.15, -0.1) is 0 Å². The van der Waals surface area contributed by atoms with Gasteiger partial charge in [-0.3, -0.25) is 0 Å². The molecule has 0 unspecified atom stereocenters. The van der Waals surface area contributed by atoms with Crippen LogP contribution in [0, 0.1) is 5.41 Å². The fourth-order valence-corrected chi connectivity index (χ4v) is 2.54. The summed E-state index contributed by atoms with van der Waals surface area (Å²) < 4.78 is 10.8. The molecule has 0 amide bonds. The molecule has 1 heterocycles. The highest BCUT2D eigenvalue weighted by Crippen LogP contribution is 2.46. The fourth-order valence-electron chi connectivity index (χ4n) is 2.43. The minimum Gasteiger partial charge on any atom is -0.367 e. The molecular formula is C12H19ClN2O2. The molecule has 1 aromatic heterocycles. The molecule has 0 radical (unpaired) electrons. The molecule has 1 saturated carbocycles. The van der Waals surface area contributed by atoms with E-state index in [2.05, 4.69) is 24.0 Å². The number of hydrogen-bond acceptors (Lipinski definition) is 4. The van der Waals surface area contributed by atoms with Gasteiger partial charge in [-0.25, -0.2) is 0 Å². The zero-order chi connectivity index (χ0) is 12.5. The largest absolute Gasteiger partial charge is 0.367 e. The molecule has 0 aliphatic heterocycles. The van der Waals surface area contributed by atoms with Crippen molar-refractivity contribution in [1.29, 1.82) is 0 Å². The van der Waals surface area contributed by atoms with Crippen molar-refractivity contribution in [2.75, 3.05) is 6.61 Å². The Balaban J connectivity index is 2.22. The average molecular weight is 259 g/mol. The Morgan fingerprint density at radius 1 is 1.29 bits per heavy atom. The smallest absolute Gasteiger partial charge is 0.320 e. The van der Waals surface area contributed by atoms with Gasteiger partial charge in [-0.05, 0) is 49.6 Å². The molecular weight excluding hydrogens is 240 g/mol. The van der Waals surface area contributed by atoms with Gasteiger partial charge in [0.1, 0.15) is 5.60 Å². The second-order valence-corrected chi connectivity index (χ2v) is 5.79. The van der Waals surface area contributed by atoms with E-state index in [4.69, 9.17) is 20.9 Å². The molecule has 0 saturated heterocycles. The summed E-state index contributed by atoms with van der Waals surface area (Å²) in [5.74, 6) is 0.597. The third-order valence-electron chi connectivity index (χ3n) is 3.64. The third-order valence-corrected chi connectivity index (χ3v) is 3.79. The van der Waals surface area contributed by atoms with Crippen LogP contribution in [0.1, 0.15) is 52.3 Å². The molecule has 0 atom stereocenters. The number of ether oxygens (including phenoxy) is 1. The predicted molar refractivity (Wildman–Crippen MR) is 64.9 cm³/mol. The zero-order valence-electron chi connectivity index (χ0n) is 10.6. The number of aromatic nitrogens is 2. The predicted octanol–water partition coefficient (Wildman–Crippen LogP) is 3.56. The van der Waals surface area contributed by atoms with Gasteiger partial charge in [0.2, 0.25) is 5.82 Å². The zero-order valence-corrected chi connectivity index (χ0v) is 11.4. The SMILES string of the molecule is CCOC1(c2noc(Cl)n2)CCC(C)(C)CC1. The highest BCUT2D eigenvalue weighted by Gasteiger charge is 2.43. The molecule has 1 aliphatic rings. The summed E-state index contributed by atoms with van der Waals surface area (Å²) in [4.78, 5) is 4.14. The number of halogens is 1. The van der Waals surface area contributed by atoms with Crippen LogP contribution in [0.4, 0.5) is 0 Å². The second kappa shape index (κ2) is 4.58. The highest BCUT2D eigenvalue weighted by molar-refractivity contribution is 6.27. The normalized spacial score (nSPS) is 22.6. The summed E-state index contributed by atoms with van der Waals surface area (Å²) in [5.41, 5.74) is -0.0327. The van der Waals surface area contributed by atoms with E-state index in [1.165, 1.54) is 0 Å². The highest BCUT2D eigenvalue weighted by atomic mass is 35.5. The van der Waals surface area contributed by atoms with Crippen LogP contribution in [0.2, 0.25) is 5.35 Å². The monoisotopic (exact) mass is 258 g/mol. The molecule has 5 heteroatoms. The molecule has 0 spiro atoms. The van der Waals surface area contributed by atoms with Crippen molar-refractivity contribution in [3.63, 3.8) is 0 Å². The number of rotatable bonds is 3. The Bertz CT molecular complexity index is 380. The van der Waals surface area contributed by atoms with E-state index in [1.54, 1.807) is 0 Å². The van der Waals surface area contributed by atoms with E-state index >= 15 is 0 Å². The number of hydrogen-bond donors (Lipinski definition) is 0. The summed E-state index contributed by atoms with van der Waals surface area (Å²) in [6.45, 7) is 7.20. The average Bonchev–Trinajstić information content (AvgIpc) is 2.69. The molecule has 17 heavy (non-hydrogen) atoms. The van der Waals surface area contributed by atoms with Crippen molar-refractivity contribution in [2.45, 2.75) is 52.1 Å². The van der Waals surface area contributed by atoms with Gasteiger partial charge in [-0.1, -0.05) is 19.0 Å². The number of nitrogens with zero attached hydrogens (tertiary/aromatic N) is 2. The van der Waals surface area contributed by atoms with E-state index in [9.17, 15) is 0 Å². The Kier molecular flexibility index (Phi) is 3.46. The first kappa shape index (κ1) is 12.8. The first-order chi connectivity index (χ1) is 7.97. The lowest BCUT2D eigenvalue weighted by Gasteiger charge is -2.41. The summed E-state index contributed by atoms with van der Waals surface area (Å²) in [7, 11) is 0. The molecule has 1 aromatic rings. The molecule has 1 fully saturated rings. The second-order valence-electron chi connectivity index (χ2n) is 5.46. The van der Waals surface area contributed by atoms with Crippen molar-refractivity contribution in [3.8, 4) is 0 Å². The maximum Gasteiger partial charge on any atom is 0.320 e. The van der Waals surface area contributed by atoms with Crippen LogP contribution in [0.3, 0.4) is 0 Å². The van der Waals surface area contributed by atoms with E-state index in [-0.39, 0.29) is 5.35 Å². The van der Waals surface area contributed by atoms with Gasteiger partial charge in [0.05, 0.1) is 0 Å². The van der Waals surface area contributed by atoms with Crippen molar-refractivity contribution in [2.24, 2.45) is 5.41 Å². The molecule has 4 nitrogen and oxygen atoms in total. The minimum absolute atomic E-state index is 0.0870. The molecule has 96 valence electrons. The van der Waals surface area contributed by atoms with Crippen molar-refractivity contribution >= 4 is 11.6 Å². The third kappa shape index (κ3) is 2.63. The van der Waals surface area contributed by atoms with Crippen LogP contribution in [0.25, 0.3) is 0 Å². The lowest BCUT2D eigenvalue weighted by atomic mass is 9.70. The summed E-state index contributed by atoms with van der Waals surface area (Å²) in [5, 5.41) is 4.02. The lowest BCUT2D eigenvalue weighted by molar-refractivity contribution is -0.0957. The van der Waals surface area contributed by atoms with Gasteiger partial charge in [0.15, 0.2) is 0 Å². The Morgan fingerprint density at radius 2 is 1.94 bits per heavy atom. The summed E-state index contributed by atoms with van der Waals surface area (Å²) in [6.07, 6.45) is 4.03. The first-order valence-corrected chi connectivity index (χ1v) is 6.49. The quantitative estimate of drug-likeness (QED) is 0.832. The van der Waals surface area contributed by atoms with E-state index in [1.807, 2.05) is 6.92 Å². The molecule has 0 aromatic carbocycles. The van der Waals surface area contributed by atoms with Crippen molar-refractivity contribution in [1.82, 2.24) is 10.1 Å².